The fourth-order valence-electron chi connectivity index (χ4n) is 1.43. The van der Waals surface area contributed by atoms with Crippen LogP contribution in [0.15, 0.2) is 0 Å². The molecule has 0 fully saturated rings. The van der Waals surface area contributed by atoms with Gasteiger partial charge in [0.05, 0.1) is 7.85 Å². The van der Waals surface area contributed by atoms with Crippen molar-refractivity contribution in [3.8, 4) is 0 Å². The van der Waals surface area contributed by atoms with Gasteiger partial charge in [0.1, 0.15) is 0 Å². The van der Waals surface area contributed by atoms with Gasteiger partial charge in [-0.25, -0.2) is 0 Å². The van der Waals surface area contributed by atoms with E-state index in [2.05, 4.69) is 20.8 Å². The lowest BCUT2D eigenvalue weighted by Crippen LogP contribution is -2.10. The Morgan fingerprint density at radius 2 is 1.91 bits per heavy atom. The van der Waals surface area contributed by atoms with E-state index in [0.717, 1.165) is 18.2 Å². The molecule has 0 spiro atoms. The van der Waals surface area contributed by atoms with Gasteiger partial charge in [0.2, 0.25) is 0 Å². The second kappa shape index (κ2) is 6.76. The fraction of sp³-hybridized carbons (Fsp3) is 1.00. The van der Waals surface area contributed by atoms with Crippen LogP contribution in [0, 0.1) is 11.8 Å². The normalized spacial score (nSPS) is 16.3. The fourth-order valence-corrected chi connectivity index (χ4v) is 1.43. The summed E-state index contributed by atoms with van der Waals surface area (Å²) in [5.74, 6) is 1.58. The molecule has 1 heteroatoms. The summed E-state index contributed by atoms with van der Waals surface area (Å²) >= 11 is 0. The van der Waals surface area contributed by atoms with Crippen molar-refractivity contribution in [1.29, 1.82) is 0 Å². The minimum Gasteiger partial charge on any atom is -0.0857 e. The quantitative estimate of drug-likeness (QED) is 0.511. The van der Waals surface area contributed by atoms with E-state index in [-0.39, 0.29) is 0 Å². The first-order valence-corrected chi connectivity index (χ1v) is 4.96. The van der Waals surface area contributed by atoms with Gasteiger partial charge < -0.3 is 0 Å². The van der Waals surface area contributed by atoms with Gasteiger partial charge in [0, 0.05) is 0 Å². The summed E-state index contributed by atoms with van der Waals surface area (Å²) in [6.45, 7) is 6.80. The van der Waals surface area contributed by atoms with E-state index in [4.69, 9.17) is 7.85 Å². The summed E-state index contributed by atoms with van der Waals surface area (Å²) in [6.07, 6.45) is 6.10. The van der Waals surface area contributed by atoms with Gasteiger partial charge in [0.15, 0.2) is 0 Å². The Hall–Kier alpha value is 0.0649. The first kappa shape index (κ1) is 11.1. The molecule has 64 valence electrons. The van der Waals surface area contributed by atoms with Crippen molar-refractivity contribution >= 4 is 7.85 Å². The van der Waals surface area contributed by atoms with Crippen LogP contribution in [0.2, 0.25) is 6.32 Å². The van der Waals surface area contributed by atoms with Gasteiger partial charge in [-0.2, -0.15) is 0 Å². The molecule has 0 rings (SSSR count). The zero-order valence-electron chi connectivity index (χ0n) is 8.27. The molecular weight excluding hydrogens is 131 g/mol. The van der Waals surface area contributed by atoms with Crippen LogP contribution in [0.5, 0.6) is 0 Å². The summed E-state index contributed by atoms with van der Waals surface area (Å²) in [4.78, 5) is 0. The zero-order valence-corrected chi connectivity index (χ0v) is 8.27. The van der Waals surface area contributed by atoms with Crippen LogP contribution in [0.1, 0.15) is 46.5 Å². The van der Waals surface area contributed by atoms with Crippen LogP contribution < -0.4 is 0 Å². The van der Waals surface area contributed by atoms with Crippen LogP contribution in [-0.4, -0.2) is 7.85 Å². The lowest BCUT2D eigenvalue weighted by Gasteiger charge is -2.21. The molecule has 0 N–H and O–H groups in total. The summed E-state index contributed by atoms with van der Waals surface area (Å²) in [5, 5.41) is 0. The Balaban J connectivity index is 3.56. The highest BCUT2D eigenvalue weighted by atomic mass is 14.2. The van der Waals surface area contributed by atoms with E-state index >= 15 is 0 Å². The molecule has 2 atom stereocenters. The second-order valence-corrected chi connectivity index (χ2v) is 3.52. The Morgan fingerprint density at radius 3 is 2.27 bits per heavy atom. The summed E-state index contributed by atoms with van der Waals surface area (Å²) < 4.78 is 0. The van der Waals surface area contributed by atoms with Crippen molar-refractivity contribution < 1.29 is 0 Å². The van der Waals surface area contributed by atoms with Crippen LogP contribution in [-0.2, 0) is 0 Å². The molecule has 11 heavy (non-hydrogen) atoms. The summed E-state index contributed by atoms with van der Waals surface area (Å²) in [5.41, 5.74) is 0. The molecule has 0 amide bonds. The minimum absolute atomic E-state index is 0.764. The molecule has 0 heterocycles. The highest BCUT2D eigenvalue weighted by Crippen LogP contribution is 2.23. The van der Waals surface area contributed by atoms with E-state index in [1.165, 1.54) is 25.7 Å². The van der Waals surface area contributed by atoms with Crippen molar-refractivity contribution in [1.82, 2.24) is 0 Å². The number of hydrogen-bond donors (Lipinski definition) is 0. The predicted octanol–water partition coefficient (Wildman–Crippen LogP) is 3.43. The summed E-state index contributed by atoms with van der Waals surface area (Å²) in [7, 11) is 5.69. The topological polar surface area (TPSA) is 0 Å². The first-order chi connectivity index (χ1) is 5.26. The molecule has 0 aliphatic rings. The number of rotatable bonds is 6. The Morgan fingerprint density at radius 1 is 1.27 bits per heavy atom. The van der Waals surface area contributed by atoms with E-state index in [0.29, 0.717) is 0 Å². The maximum Gasteiger partial charge on any atom is 0.0656 e. The molecule has 0 bridgehead atoms. The third-order valence-corrected chi connectivity index (χ3v) is 2.68. The third kappa shape index (κ3) is 4.50. The molecule has 0 saturated carbocycles. The molecule has 0 aliphatic heterocycles. The Kier molecular flexibility index (Phi) is 6.80. The predicted molar refractivity (Wildman–Crippen MR) is 53.0 cm³/mol. The number of unbranched alkanes of at least 4 members (excludes halogenated alkanes) is 1. The van der Waals surface area contributed by atoms with Gasteiger partial charge in [-0.3, -0.25) is 0 Å². The molecule has 1 unspecified atom stereocenters. The molecule has 0 nitrogen and oxygen atoms in total. The van der Waals surface area contributed by atoms with Gasteiger partial charge in [-0.1, -0.05) is 52.8 Å². The molecule has 0 aromatic carbocycles. The Bertz CT molecular complexity index is 80.9. The molecule has 0 aromatic rings. The average Bonchev–Trinajstić information content (AvgIpc) is 2.05. The maximum absolute atomic E-state index is 5.69. The standard InChI is InChI=1S/C10H21B/c1-4-6-7-10(8-11)9(3)5-2/h9-10H,4-8H2,1-3H3/t9?,10-/m1/s1. The van der Waals surface area contributed by atoms with E-state index in [1.54, 1.807) is 0 Å². The third-order valence-electron chi connectivity index (χ3n) is 2.68. The summed E-state index contributed by atoms with van der Waals surface area (Å²) in [6, 6.07) is 0. The maximum atomic E-state index is 5.69. The minimum atomic E-state index is 0.764. The second-order valence-electron chi connectivity index (χ2n) is 3.52. The van der Waals surface area contributed by atoms with Crippen molar-refractivity contribution in [3.05, 3.63) is 0 Å². The van der Waals surface area contributed by atoms with Crippen LogP contribution >= 0.6 is 0 Å². The molecule has 0 saturated heterocycles. The zero-order chi connectivity index (χ0) is 8.69. The highest BCUT2D eigenvalue weighted by Gasteiger charge is 2.11. The smallest absolute Gasteiger partial charge is 0.0656 e. The van der Waals surface area contributed by atoms with Crippen LogP contribution in [0.4, 0.5) is 0 Å². The van der Waals surface area contributed by atoms with E-state index in [9.17, 15) is 0 Å². The van der Waals surface area contributed by atoms with Crippen molar-refractivity contribution in [2.75, 3.05) is 0 Å². The molecular formula is C10H21B. The van der Waals surface area contributed by atoms with E-state index < -0.39 is 0 Å². The van der Waals surface area contributed by atoms with Crippen LogP contribution in [0.25, 0.3) is 0 Å². The SMILES string of the molecule is [B]C[C@@H](CCCC)C(C)CC. The van der Waals surface area contributed by atoms with Gasteiger partial charge >= 0.3 is 0 Å². The number of hydrogen-bond acceptors (Lipinski definition) is 0. The first-order valence-electron chi connectivity index (χ1n) is 4.96. The lowest BCUT2D eigenvalue weighted by molar-refractivity contribution is 0.347. The van der Waals surface area contributed by atoms with Crippen molar-refractivity contribution in [2.24, 2.45) is 11.8 Å². The van der Waals surface area contributed by atoms with Gasteiger partial charge in [0.25, 0.3) is 0 Å². The Labute approximate surface area is 73.2 Å². The average molecular weight is 152 g/mol. The molecule has 0 aromatic heterocycles. The molecule has 2 radical (unpaired) electrons. The molecule has 0 aliphatic carbocycles. The van der Waals surface area contributed by atoms with Crippen molar-refractivity contribution in [3.63, 3.8) is 0 Å². The highest BCUT2D eigenvalue weighted by molar-refractivity contribution is 6.08. The van der Waals surface area contributed by atoms with Crippen molar-refractivity contribution in [2.45, 2.75) is 52.8 Å². The lowest BCUT2D eigenvalue weighted by atomic mass is 9.78. The van der Waals surface area contributed by atoms with Gasteiger partial charge in [-0.05, 0) is 11.8 Å². The van der Waals surface area contributed by atoms with Gasteiger partial charge in [-0.15, -0.1) is 0 Å². The van der Waals surface area contributed by atoms with E-state index in [1.807, 2.05) is 0 Å². The monoisotopic (exact) mass is 152 g/mol. The van der Waals surface area contributed by atoms with Crippen LogP contribution in [0.3, 0.4) is 0 Å². The largest absolute Gasteiger partial charge is 0.0857 e.